The van der Waals surface area contributed by atoms with Crippen molar-refractivity contribution in [2.75, 3.05) is 0 Å². The van der Waals surface area contributed by atoms with Gasteiger partial charge in [0.15, 0.2) is 0 Å². The Morgan fingerprint density at radius 3 is 2.25 bits per heavy atom. The highest BCUT2D eigenvalue weighted by Crippen LogP contribution is 2.14. The molecular weight excluding hydrogens is 102 g/mol. The normalized spacial score (nSPS) is 28.6. The van der Waals surface area contributed by atoms with Crippen LogP contribution in [0, 0.1) is 0 Å². The maximum Gasteiger partial charge on any atom is 0.121 e. The minimum absolute atomic E-state index is 0.398. The van der Waals surface area contributed by atoms with Crippen molar-refractivity contribution in [3.05, 3.63) is 11.3 Å². The van der Waals surface area contributed by atoms with Gasteiger partial charge in [0.2, 0.25) is 0 Å². The Bertz CT molecular complexity index is 128. The van der Waals surface area contributed by atoms with E-state index in [1.165, 1.54) is 5.57 Å². The van der Waals surface area contributed by atoms with E-state index in [4.69, 9.17) is 4.84 Å². The summed E-state index contributed by atoms with van der Waals surface area (Å²) in [5, 5.41) is 0. The van der Waals surface area contributed by atoms with Crippen molar-refractivity contribution in [3.63, 3.8) is 0 Å². The van der Waals surface area contributed by atoms with Gasteiger partial charge in [0.05, 0.1) is 6.04 Å². The summed E-state index contributed by atoms with van der Waals surface area (Å²) in [7, 11) is 0. The van der Waals surface area contributed by atoms with Gasteiger partial charge in [-0.15, -0.1) is 0 Å². The third kappa shape index (κ3) is 0.713. The van der Waals surface area contributed by atoms with Crippen LogP contribution in [0.1, 0.15) is 20.8 Å². The molecule has 1 atom stereocenters. The van der Waals surface area contributed by atoms with E-state index in [2.05, 4.69) is 19.3 Å². The Morgan fingerprint density at radius 2 is 2.12 bits per heavy atom. The average Bonchev–Trinajstić information content (AvgIpc) is 1.98. The van der Waals surface area contributed by atoms with Crippen LogP contribution < -0.4 is 5.48 Å². The van der Waals surface area contributed by atoms with Gasteiger partial charge in [-0.1, -0.05) is 0 Å². The second kappa shape index (κ2) is 1.78. The van der Waals surface area contributed by atoms with E-state index in [0.29, 0.717) is 6.04 Å². The Morgan fingerprint density at radius 1 is 1.50 bits per heavy atom. The first-order valence-electron chi connectivity index (χ1n) is 2.81. The van der Waals surface area contributed by atoms with E-state index in [0.717, 1.165) is 5.76 Å². The van der Waals surface area contributed by atoms with Crippen LogP contribution in [0.5, 0.6) is 0 Å². The van der Waals surface area contributed by atoms with Crippen molar-refractivity contribution in [2.24, 2.45) is 0 Å². The van der Waals surface area contributed by atoms with Crippen molar-refractivity contribution in [1.29, 1.82) is 0 Å². The van der Waals surface area contributed by atoms with Crippen LogP contribution in [-0.4, -0.2) is 6.04 Å². The molecule has 1 aliphatic heterocycles. The third-order valence-electron chi connectivity index (χ3n) is 1.59. The molecule has 0 radical (unpaired) electrons. The van der Waals surface area contributed by atoms with E-state index in [9.17, 15) is 0 Å². The molecule has 0 bridgehead atoms. The van der Waals surface area contributed by atoms with E-state index >= 15 is 0 Å². The molecule has 46 valence electrons. The summed E-state index contributed by atoms with van der Waals surface area (Å²) < 4.78 is 0. The zero-order valence-electron chi connectivity index (χ0n) is 5.49. The van der Waals surface area contributed by atoms with Gasteiger partial charge in [-0.25, -0.2) is 0 Å². The summed E-state index contributed by atoms with van der Waals surface area (Å²) in [5.74, 6) is 1.01. The smallest absolute Gasteiger partial charge is 0.121 e. The summed E-state index contributed by atoms with van der Waals surface area (Å²) in [6, 6.07) is 0.398. The predicted molar refractivity (Wildman–Crippen MR) is 32.1 cm³/mol. The number of hydrogen-bond acceptors (Lipinski definition) is 2. The molecule has 8 heavy (non-hydrogen) atoms. The molecule has 0 aromatic carbocycles. The summed E-state index contributed by atoms with van der Waals surface area (Å²) in [6.07, 6.45) is 0. The van der Waals surface area contributed by atoms with Gasteiger partial charge in [-0.05, 0) is 26.3 Å². The lowest BCUT2D eigenvalue weighted by Crippen LogP contribution is -2.18. The summed E-state index contributed by atoms with van der Waals surface area (Å²) in [6.45, 7) is 6.11. The van der Waals surface area contributed by atoms with Crippen molar-refractivity contribution in [3.8, 4) is 0 Å². The molecule has 1 aliphatic rings. The van der Waals surface area contributed by atoms with Crippen molar-refractivity contribution in [1.82, 2.24) is 5.48 Å². The lowest BCUT2D eigenvalue weighted by Gasteiger charge is -1.98. The Labute approximate surface area is 49.5 Å². The number of nitrogens with one attached hydrogen (secondary N) is 1. The van der Waals surface area contributed by atoms with Gasteiger partial charge in [0, 0.05) is 0 Å². The van der Waals surface area contributed by atoms with Crippen LogP contribution in [0.15, 0.2) is 11.3 Å². The second-order valence-electron chi connectivity index (χ2n) is 2.18. The fraction of sp³-hybridized carbons (Fsp3) is 0.667. The molecular formula is C6H11NO. The molecule has 0 aliphatic carbocycles. The molecule has 0 aromatic heterocycles. The molecule has 0 amide bonds. The van der Waals surface area contributed by atoms with E-state index in [1.54, 1.807) is 0 Å². The first-order chi connectivity index (χ1) is 3.72. The van der Waals surface area contributed by atoms with Crippen LogP contribution in [0.25, 0.3) is 0 Å². The van der Waals surface area contributed by atoms with E-state index in [-0.39, 0.29) is 0 Å². The maximum atomic E-state index is 5.01. The first kappa shape index (κ1) is 5.63. The highest BCUT2D eigenvalue weighted by atomic mass is 16.7. The molecule has 0 saturated heterocycles. The van der Waals surface area contributed by atoms with Gasteiger partial charge >= 0.3 is 0 Å². The van der Waals surface area contributed by atoms with E-state index < -0.39 is 0 Å². The Balaban J connectivity index is 2.71. The Kier molecular flexibility index (Phi) is 1.26. The number of rotatable bonds is 0. The number of hydrogen-bond donors (Lipinski definition) is 1. The largest absolute Gasteiger partial charge is 0.413 e. The standard InChI is InChI=1S/C6H11NO/c1-4-5(2)7-8-6(4)3/h5,7H,1-3H3. The molecule has 2 heteroatoms. The molecule has 1 N–H and O–H groups in total. The molecule has 0 aromatic rings. The van der Waals surface area contributed by atoms with Crippen LogP contribution >= 0.6 is 0 Å². The summed E-state index contributed by atoms with van der Waals surface area (Å²) >= 11 is 0. The van der Waals surface area contributed by atoms with Crippen LogP contribution in [0.3, 0.4) is 0 Å². The third-order valence-corrected chi connectivity index (χ3v) is 1.59. The number of allylic oxidation sites excluding steroid dienone is 1. The van der Waals surface area contributed by atoms with Gasteiger partial charge in [-0.3, -0.25) is 0 Å². The summed E-state index contributed by atoms with van der Waals surface area (Å²) in [4.78, 5) is 5.01. The van der Waals surface area contributed by atoms with Gasteiger partial charge in [0.25, 0.3) is 0 Å². The monoisotopic (exact) mass is 113 g/mol. The topological polar surface area (TPSA) is 21.3 Å². The highest BCUT2D eigenvalue weighted by Gasteiger charge is 2.14. The van der Waals surface area contributed by atoms with Gasteiger partial charge in [0.1, 0.15) is 5.76 Å². The fourth-order valence-corrected chi connectivity index (χ4v) is 0.651. The molecule has 1 heterocycles. The summed E-state index contributed by atoms with van der Waals surface area (Å²) in [5.41, 5.74) is 4.14. The van der Waals surface area contributed by atoms with Crippen molar-refractivity contribution < 1.29 is 4.84 Å². The van der Waals surface area contributed by atoms with Crippen molar-refractivity contribution in [2.45, 2.75) is 26.8 Å². The lowest BCUT2D eigenvalue weighted by atomic mass is 10.1. The fourth-order valence-electron chi connectivity index (χ4n) is 0.651. The molecule has 1 unspecified atom stereocenters. The molecule has 2 nitrogen and oxygen atoms in total. The van der Waals surface area contributed by atoms with E-state index in [1.807, 2.05) is 6.92 Å². The molecule has 1 rings (SSSR count). The zero-order valence-corrected chi connectivity index (χ0v) is 5.49. The highest BCUT2D eigenvalue weighted by molar-refractivity contribution is 5.12. The van der Waals surface area contributed by atoms with Crippen LogP contribution in [0.4, 0.5) is 0 Å². The minimum atomic E-state index is 0.398. The SMILES string of the molecule is CC1=C(C)C(C)NO1. The van der Waals surface area contributed by atoms with Crippen LogP contribution in [0.2, 0.25) is 0 Å². The average molecular weight is 113 g/mol. The molecule has 0 spiro atoms. The molecule has 0 saturated carbocycles. The maximum absolute atomic E-state index is 5.01. The second-order valence-corrected chi connectivity index (χ2v) is 2.18. The predicted octanol–water partition coefficient (Wildman–Crippen LogP) is 1.20. The lowest BCUT2D eigenvalue weighted by molar-refractivity contribution is 0.121. The first-order valence-corrected chi connectivity index (χ1v) is 2.81. The number of hydroxylamine groups is 1. The van der Waals surface area contributed by atoms with Gasteiger partial charge in [-0.2, -0.15) is 5.48 Å². The zero-order chi connectivity index (χ0) is 6.15. The Hall–Kier alpha value is -0.500. The van der Waals surface area contributed by atoms with Gasteiger partial charge < -0.3 is 4.84 Å². The minimum Gasteiger partial charge on any atom is -0.413 e. The van der Waals surface area contributed by atoms with Crippen LogP contribution in [-0.2, 0) is 4.84 Å². The quantitative estimate of drug-likeness (QED) is 0.509. The van der Waals surface area contributed by atoms with Crippen molar-refractivity contribution >= 4 is 0 Å². The molecule has 0 fully saturated rings.